The summed E-state index contributed by atoms with van der Waals surface area (Å²) in [5, 5.41) is 31.9. The van der Waals surface area contributed by atoms with Gasteiger partial charge in [-0.05, 0) is 66.9 Å². The quantitative estimate of drug-likeness (QED) is 0.0805. The maximum absolute atomic E-state index is 13.9. The second-order valence-electron chi connectivity index (χ2n) is 15.3. The van der Waals surface area contributed by atoms with E-state index in [0.717, 1.165) is 0 Å². The summed E-state index contributed by atoms with van der Waals surface area (Å²) < 4.78 is 17.9. The number of hydrogen-bond acceptors (Lipinski definition) is 12. The fourth-order valence-corrected chi connectivity index (χ4v) is 9.77. The molecule has 0 saturated carbocycles. The third-order valence-corrected chi connectivity index (χ3v) is 16.8. The topological polar surface area (TPSA) is 192 Å². The lowest BCUT2D eigenvalue weighted by atomic mass is 9.79. The molecule has 0 radical (unpaired) electrons. The van der Waals surface area contributed by atoms with Crippen LogP contribution in [0.25, 0.3) is 0 Å². The fourth-order valence-electron chi connectivity index (χ4n) is 6.78. The third-order valence-electron chi connectivity index (χ3n) is 10.7. The summed E-state index contributed by atoms with van der Waals surface area (Å²) >= 11 is 1.38. The van der Waals surface area contributed by atoms with Crippen molar-refractivity contribution in [3.63, 3.8) is 0 Å². The van der Waals surface area contributed by atoms with Crippen LogP contribution in [-0.4, -0.2) is 87.6 Å². The van der Waals surface area contributed by atoms with Gasteiger partial charge < -0.3 is 28.8 Å². The molecular formula is C36H46N4O11SSi. The zero-order valence-corrected chi connectivity index (χ0v) is 32.7. The molecule has 6 atom stereocenters. The number of amides is 2. The van der Waals surface area contributed by atoms with Crippen molar-refractivity contribution in [2.45, 2.75) is 95.8 Å². The molecule has 2 aromatic rings. The first-order chi connectivity index (χ1) is 24.8. The Morgan fingerprint density at radius 1 is 0.981 bits per heavy atom. The predicted octanol–water partition coefficient (Wildman–Crippen LogP) is 6.15. The number of esters is 1. The van der Waals surface area contributed by atoms with E-state index in [9.17, 15) is 39.7 Å². The van der Waals surface area contributed by atoms with Crippen molar-refractivity contribution in [2.24, 2.45) is 11.8 Å². The van der Waals surface area contributed by atoms with Crippen LogP contribution in [0.15, 0.2) is 59.1 Å². The normalized spacial score (nSPS) is 23.4. The van der Waals surface area contributed by atoms with Crippen molar-refractivity contribution in [1.29, 1.82) is 0 Å². The Balaban J connectivity index is 1.34. The van der Waals surface area contributed by atoms with Gasteiger partial charge in [-0.3, -0.25) is 25.0 Å². The number of non-ortho nitro benzene ring substituents is 2. The van der Waals surface area contributed by atoms with Crippen molar-refractivity contribution < 1.29 is 43.2 Å². The molecule has 0 bridgehead atoms. The van der Waals surface area contributed by atoms with E-state index >= 15 is 0 Å². The molecule has 3 aliphatic heterocycles. The Morgan fingerprint density at radius 2 is 1.51 bits per heavy atom. The van der Waals surface area contributed by atoms with E-state index in [1.807, 2.05) is 13.8 Å². The SMILES string of the molecule is C[C@@H](O[Si](C)(C)C(C)(C)C)[C@H]1C(=O)N2C(C(=O)OCc3ccc([N+](=O)[O-])cc3)=C(S[C@H]3C[C@@H](CO)N(C(=O)OCc4ccc([N+](=O)[O-])cc4)C3)[C@H](C)[C@H]12. The van der Waals surface area contributed by atoms with Gasteiger partial charge in [0.05, 0.1) is 40.6 Å². The second-order valence-corrected chi connectivity index (χ2v) is 21.4. The summed E-state index contributed by atoms with van der Waals surface area (Å²) in [6.07, 6.45) is -0.667. The number of nitro groups is 2. The summed E-state index contributed by atoms with van der Waals surface area (Å²) in [7, 11) is -2.24. The van der Waals surface area contributed by atoms with Crippen LogP contribution in [0, 0.1) is 32.1 Å². The molecule has 2 fully saturated rings. The number of β-lactam (4-membered cyclic amide) rings is 1. The van der Waals surface area contributed by atoms with Gasteiger partial charge in [0.2, 0.25) is 5.91 Å². The van der Waals surface area contributed by atoms with E-state index in [2.05, 4.69) is 33.9 Å². The molecule has 3 heterocycles. The Kier molecular flexibility index (Phi) is 11.7. The van der Waals surface area contributed by atoms with E-state index in [-0.39, 0.29) is 71.6 Å². The van der Waals surface area contributed by atoms with Gasteiger partial charge in [-0.2, -0.15) is 0 Å². The highest BCUT2D eigenvalue weighted by Gasteiger charge is 2.61. The lowest BCUT2D eigenvalue weighted by Gasteiger charge is -2.50. The molecule has 3 aliphatic rings. The molecule has 2 amide bonds. The summed E-state index contributed by atoms with van der Waals surface area (Å²) in [5.74, 6) is -1.71. The van der Waals surface area contributed by atoms with Crippen LogP contribution in [0.3, 0.4) is 0 Å². The van der Waals surface area contributed by atoms with Gasteiger partial charge in [-0.15, -0.1) is 11.8 Å². The van der Waals surface area contributed by atoms with Crippen LogP contribution in [0.2, 0.25) is 18.1 Å². The number of ether oxygens (including phenoxy) is 2. The van der Waals surface area contributed by atoms with Crippen molar-refractivity contribution >= 4 is 49.4 Å². The Bertz CT molecular complexity index is 1780. The van der Waals surface area contributed by atoms with Crippen molar-refractivity contribution in [3.05, 3.63) is 90.5 Å². The number of thioether (sulfide) groups is 1. The molecule has 5 rings (SSSR count). The number of aliphatic hydroxyl groups excluding tert-OH is 1. The molecule has 17 heteroatoms. The summed E-state index contributed by atoms with van der Waals surface area (Å²) in [6.45, 7) is 14.1. The van der Waals surface area contributed by atoms with Gasteiger partial charge in [-0.25, -0.2) is 9.59 Å². The summed E-state index contributed by atoms with van der Waals surface area (Å²) in [5.41, 5.74) is 1.05. The minimum absolute atomic E-state index is 0.0816. The number of benzene rings is 2. The largest absolute Gasteiger partial charge is 0.456 e. The molecule has 0 spiro atoms. The highest BCUT2D eigenvalue weighted by atomic mass is 32.2. The number of rotatable bonds is 13. The standard InChI is InChI=1S/C36H46N4O11SSi/c1-21-30-29(22(2)51-53(6,7)36(3,4)5)33(42)38(30)31(34(43)49-19-23-8-12-25(13-9-23)39(45)46)32(21)52-28-16-27(18-41)37(17-28)35(44)50-20-24-10-14-26(15-11-24)40(47)48/h8-15,21-22,27-30,41H,16-20H2,1-7H3/t21-,22-,27+,28+,29-,30-/m1/s1. The van der Waals surface area contributed by atoms with E-state index < -0.39 is 48.3 Å². The van der Waals surface area contributed by atoms with E-state index in [0.29, 0.717) is 22.5 Å². The molecule has 0 aliphatic carbocycles. The molecule has 286 valence electrons. The van der Waals surface area contributed by atoms with Crippen LogP contribution in [-0.2, 0) is 36.7 Å². The van der Waals surface area contributed by atoms with Gasteiger partial charge in [-0.1, -0.05) is 27.7 Å². The zero-order chi connectivity index (χ0) is 39.0. The van der Waals surface area contributed by atoms with E-state index in [4.69, 9.17) is 13.9 Å². The Morgan fingerprint density at radius 3 is 2.00 bits per heavy atom. The highest BCUT2D eigenvalue weighted by molar-refractivity contribution is 8.03. The lowest BCUT2D eigenvalue weighted by Crippen LogP contribution is -2.65. The minimum atomic E-state index is -2.24. The number of nitro benzene ring substituents is 2. The number of hydrogen-bond donors (Lipinski definition) is 1. The lowest BCUT2D eigenvalue weighted by molar-refractivity contribution is -0.385. The van der Waals surface area contributed by atoms with Crippen LogP contribution in [0.5, 0.6) is 0 Å². The Hall–Kier alpha value is -4.32. The maximum atomic E-state index is 13.9. The number of fused-ring (bicyclic) bond motifs is 1. The van der Waals surface area contributed by atoms with Crippen LogP contribution in [0.1, 0.15) is 52.2 Å². The van der Waals surface area contributed by atoms with Gasteiger partial charge in [0.25, 0.3) is 11.4 Å². The third kappa shape index (κ3) is 8.27. The number of nitrogens with zero attached hydrogens (tertiary/aromatic N) is 4. The molecule has 1 N–H and O–H groups in total. The fraction of sp³-hybridized carbons (Fsp3) is 0.528. The monoisotopic (exact) mass is 770 g/mol. The van der Waals surface area contributed by atoms with Gasteiger partial charge >= 0.3 is 12.1 Å². The molecule has 15 nitrogen and oxygen atoms in total. The first kappa shape index (κ1) is 39.9. The second kappa shape index (κ2) is 15.6. The van der Waals surface area contributed by atoms with Crippen molar-refractivity contribution in [2.75, 3.05) is 13.2 Å². The average molecular weight is 771 g/mol. The van der Waals surface area contributed by atoms with Gasteiger partial charge in [0, 0.05) is 46.9 Å². The van der Waals surface area contributed by atoms with Crippen molar-refractivity contribution in [3.8, 4) is 0 Å². The Labute approximate surface area is 313 Å². The summed E-state index contributed by atoms with van der Waals surface area (Å²) in [4.78, 5) is 65.6. The summed E-state index contributed by atoms with van der Waals surface area (Å²) in [6, 6.07) is 10.4. The van der Waals surface area contributed by atoms with Crippen molar-refractivity contribution in [1.82, 2.24) is 9.80 Å². The van der Waals surface area contributed by atoms with Crippen LogP contribution >= 0.6 is 11.8 Å². The predicted molar refractivity (Wildman–Crippen MR) is 198 cm³/mol. The van der Waals surface area contributed by atoms with Gasteiger partial charge in [0.1, 0.15) is 18.9 Å². The van der Waals surface area contributed by atoms with Crippen LogP contribution < -0.4 is 0 Å². The smallest absolute Gasteiger partial charge is 0.410 e. The highest BCUT2D eigenvalue weighted by Crippen LogP contribution is 2.53. The van der Waals surface area contributed by atoms with Crippen LogP contribution in [0.4, 0.5) is 16.2 Å². The van der Waals surface area contributed by atoms with Gasteiger partial charge in [0.15, 0.2) is 8.32 Å². The number of aliphatic hydroxyl groups is 1. The molecule has 2 saturated heterocycles. The average Bonchev–Trinajstić information content (AvgIpc) is 3.62. The number of likely N-dealkylation sites (tertiary alicyclic amines) is 1. The molecule has 0 unspecified atom stereocenters. The zero-order valence-electron chi connectivity index (χ0n) is 30.8. The number of carbonyl (C=O) groups excluding carboxylic acids is 3. The molecular weight excluding hydrogens is 725 g/mol. The number of carbonyl (C=O) groups is 3. The first-order valence-corrected chi connectivity index (χ1v) is 21.2. The first-order valence-electron chi connectivity index (χ1n) is 17.4. The maximum Gasteiger partial charge on any atom is 0.410 e. The molecule has 2 aromatic carbocycles. The van der Waals surface area contributed by atoms with E-state index in [1.54, 1.807) is 0 Å². The molecule has 53 heavy (non-hydrogen) atoms. The molecule has 0 aromatic heterocycles. The van der Waals surface area contributed by atoms with E-state index in [1.165, 1.54) is 70.1 Å². The minimum Gasteiger partial charge on any atom is -0.456 e.